The van der Waals surface area contributed by atoms with Crippen LogP contribution in [0.2, 0.25) is 0 Å². The molecule has 0 spiro atoms. The van der Waals surface area contributed by atoms with E-state index in [4.69, 9.17) is 4.74 Å². The minimum atomic E-state index is -2.46. The van der Waals surface area contributed by atoms with Crippen molar-refractivity contribution in [1.82, 2.24) is 9.97 Å². The van der Waals surface area contributed by atoms with Gasteiger partial charge in [-0.25, -0.2) is 8.78 Å². The number of ether oxygens (including phenoxy) is 1. The van der Waals surface area contributed by atoms with Gasteiger partial charge in [-0.15, -0.1) is 0 Å². The fourth-order valence-electron chi connectivity index (χ4n) is 1.65. The van der Waals surface area contributed by atoms with Crippen molar-refractivity contribution in [2.75, 3.05) is 6.61 Å². The van der Waals surface area contributed by atoms with Gasteiger partial charge in [-0.1, -0.05) is 12.1 Å². The SMILES string of the molecule is C/C(=C/c1ccc(OCC(F)F)cc1)c1cnccn1. The van der Waals surface area contributed by atoms with Crippen molar-refractivity contribution < 1.29 is 13.5 Å². The van der Waals surface area contributed by atoms with Crippen LogP contribution in [0.5, 0.6) is 5.75 Å². The van der Waals surface area contributed by atoms with E-state index in [-0.39, 0.29) is 0 Å². The summed E-state index contributed by atoms with van der Waals surface area (Å²) in [4.78, 5) is 8.21. The lowest BCUT2D eigenvalue weighted by molar-refractivity contribution is 0.0819. The number of alkyl halides is 2. The van der Waals surface area contributed by atoms with Crippen LogP contribution in [0.25, 0.3) is 11.6 Å². The summed E-state index contributed by atoms with van der Waals surface area (Å²) >= 11 is 0. The van der Waals surface area contributed by atoms with Crippen LogP contribution in [0.4, 0.5) is 8.78 Å². The van der Waals surface area contributed by atoms with E-state index < -0.39 is 13.0 Å². The smallest absolute Gasteiger partial charge is 0.272 e. The van der Waals surface area contributed by atoms with E-state index in [1.165, 1.54) is 0 Å². The number of allylic oxidation sites excluding steroid dienone is 1. The maximum Gasteiger partial charge on any atom is 0.272 e. The number of rotatable bonds is 5. The van der Waals surface area contributed by atoms with Crippen molar-refractivity contribution >= 4 is 11.6 Å². The minimum Gasteiger partial charge on any atom is -0.488 e. The van der Waals surface area contributed by atoms with Crippen LogP contribution in [0.3, 0.4) is 0 Å². The van der Waals surface area contributed by atoms with Gasteiger partial charge in [-0.2, -0.15) is 0 Å². The van der Waals surface area contributed by atoms with Gasteiger partial charge in [0.1, 0.15) is 12.4 Å². The van der Waals surface area contributed by atoms with Crippen LogP contribution >= 0.6 is 0 Å². The predicted octanol–water partition coefficient (Wildman–Crippen LogP) is 3.68. The second-order valence-electron chi connectivity index (χ2n) is 4.19. The molecule has 2 aromatic rings. The van der Waals surface area contributed by atoms with Crippen molar-refractivity contribution in [3.8, 4) is 5.75 Å². The Bertz CT molecular complexity index is 568. The maximum atomic E-state index is 12.0. The molecule has 0 aliphatic heterocycles. The molecule has 0 amide bonds. The van der Waals surface area contributed by atoms with Gasteiger partial charge in [-0.05, 0) is 36.3 Å². The fraction of sp³-hybridized carbons (Fsp3) is 0.200. The summed E-state index contributed by atoms with van der Waals surface area (Å²) in [6.45, 7) is 1.35. The van der Waals surface area contributed by atoms with Crippen molar-refractivity contribution in [3.63, 3.8) is 0 Å². The Morgan fingerprint density at radius 3 is 2.60 bits per heavy atom. The number of aromatic nitrogens is 2. The van der Waals surface area contributed by atoms with Gasteiger partial charge < -0.3 is 4.74 Å². The molecule has 0 aliphatic rings. The highest BCUT2D eigenvalue weighted by Gasteiger charge is 2.03. The van der Waals surface area contributed by atoms with Gasteiger partial charge in [0.25, 0.3) is 6.43 Å². The lowest BCUT2D eigenvalue weighted by Gasteiger charge is -2.05. The third-order valence-electron chi connectivity index (χ3n) is 2.61. The first-order valence-electron chi connectivity index (χ1n) is 6.11. The summed E-state index contributed by atoms with van der Waals surface area (Å²) < 4.78 is 28.9. The van der Waals surface area contributed by atoms with Gasteiger partial charge in [0.15, 0.2) is 0 Å². The summed E-state index contributed by atoms with van der Waals surface area (Å²) in [6.07, 6.45) is 4.42. The van der Waals surface area contributed by atoms with Gasteiger partial charge in [0.2, 0.25) is 0 Å². The van der Waals surface area contributed by atoms with Crippen LogP contribution in [-0.4, -0.2) is 23.0 Å². The molecule has 0 radical (unpaired) electrons. The van der Waals surface area contributed by atoms with Crippen molar-refractivity contribution in [3.05, 3.63) is 54.1 Å². The first-order chi connectivity index (χ1) is 9.65. The van der Waals surface area contributed by atoms with Gasteiger partial charge in [0, 0.05) is 12.4 Å². The van der Waals surface area contributed by atoms with Crippen LogP contribution in [-0.2, 0) is 0 Å². The second kappa shape index (κ2) is 6.75. The quantitative estimate of drug-likeness (QED) is 0.835. The first kappa shape index (κ1) is 14.1. The number of nitrogens with zero attached hydrogens (tertiary/aromatic N) is 2. The normalized spacial score (nSPS) is 11.7. The first-order valence-corrected chi connectivity index (χ1v) is 6.11. The third-order valence-corrected chi connectivity index (χ3v) is 2.61. The lowest BCUT2D eigenvalue weighted by atomic mass is 10.1. The van der Waals surface area contributed by atoms with E-state index in [0.717, 1.165) is 16.8 Å². The largest absolute Gasteiger partial charge is 0.488 e. The van der Waals surface area contributed by atoms with E-state index >= 15 is 0 Å². The topological polar surface area (TPSA) is 35.0 Å². The molecule has 0 saturated carbocycles. The Morgan fingerprint density at radius 2 is 2.00 bits per heavy atom. The number of hydrogen-bond donors (Lipinski definition) is 0. The second-order valence-corrected chi connectivity index (χ2v) is 4.19. The van der Waals surface area contributed by atoms with E-state index in [1.807, 2.05) is 13.0 Å². The summed E-state index contributed by atoms with van der Waals surface area (Å²) in [5.74, 6) is 0.430. The molecule has 0 bridgehead atoms. The Labute approximate surface area is 116 Å². The van der Waals surface area contributed by atoms with Crippen LogP contribution in [0.15, 0.2) is 42.9 Å². The Kier molecular flexibility index (Phi) is 4.76. The summed E-state index contributed by atoms with van der Waals surface area (Å²) in [6, 6.07) is 6.94. The fourth-order valence-corrected chi connectivity index (χ4v) is 1.65. The zero-order valence-corrected chi connectivity index (χ0v) is 11.0. The average molecular weight is 276 g/mol. The van der Waals surface area contributed by atoms with Crippen molar-refractivity contribution in [2.45, 2.75) is 13.3 Å². The van der Waals surface area contributed by atoms with Crippen LogP contribution in [0, 0.1) is 0 Å². The molecule has 2 rings (SSSR count). The monoisotopic (exact) mass is 276 g/mol. The number of benzene rings is 1. The Morgan fingerprint density at radius 1 is 1.25 bits per heavy atom. The molecule has 104 valence electrons. The van der Waals surface area contributed by atoms with Crippen molar-refractivity contribution in [2.24, 2.45) is 0 Å². The molecule has 0 atom stereocenters. The Balaban J connectivity index is 2.07. The molecule has 0 fully saturated rings. The Hall–Kier alpha value is -2.30. The number of hydrogen-bond acceptors (Lipinski definition) is 3. The van der Waals surface area contributed by atoms with Crippen LogP contribution in [0.1, 0.15) is 18.2 Å². The van der Waals surface area contributed by atoms with E-state index in [2.05, 4.69) is 9.97 Å². The van der Waals surface area contributed by atoms with E-state index in [9.17, 15) is 8.78 Å². The van der Waals surface area contributed by atoms with Gasteiger partial charge in [-0.3, -0.25) is 9.97 Å². The highest BCUT2D eigenvalue weighted by atomic mass is 19.3. The minimum absolute atomic E-state index is 0.430. The molecule has 3 nitrogen and oxygen atoms in total. The van der Waals surface area contributed by atoms with Crippen LogP contribution < -0.4 is 4.74 Å². The molecule has 0 N–H and O–H groups in total. The lowest BCUT2D eigenvalue weighted by Crippen LogP contribution is -2.06. The van der Waals surface area contributed by atoms with Gasteiger partial charge in [0.05, 0.1) is 11.9 Å². The zero-order valence-electron chi connectivity index (χ0n) is 11.0. The number of halogens is 2. The highest BCUT2D eigenvalue weighted by molar-refractivity contribution is 5.78. The summed E-state index contributed by atoms with van der Waals surface area (Å²) in [5.41, 5.74) is 2.71. The molecule has 0 unspecified atom stereocenters. The summed E-state index contributed by atoms with van der Waals surface area (Å²) in [5, 5.41) is 0. The van der Waals surface area contributed by atoms with E-state index in [0.29, 0.717) is 5.75 Å². The molecule has 0 saturated heterocycles. The predicted molar refractivity (Wildman–Crippen MR) is 73.5 cm³/mol. The standard InChI is InChI=1S/C15H14F2N2O/c1-11(14-9-18-6-7-19-14)8-12-2-4-13(5-3-12)20-10-15(16)17/h2-9,15H,10H2,1H3/b11-8-. The molecule has 5 heteroatoms. The zero-order chi connectivity index (χ0) is 14.4. The highest BCUT2D eigenvalue weighted by Crippen LogP contribution is 2.18. The average Bonchev–Trinajstić information content (AvgIpc) is 2.47. The molecule has 1 aromatic carbocycles. The summed E-state index contributed by atoms with van der Waals surface area (Å²) in [7, 11) is 0. The van der Waals surface area contributed by atoms with Crippen molar-refractivity contribution in [1.29, 1.82) is 0 Å². The maximum absolute atomic E-state index is 12.0. The molecular weight excluding hydrogens is 262 g/mol. The molecule has 20 heavy (non-hydrogen) atoms. The third kappa shape index (κ3) is 4.12. The molecule has 0 aliphatic carbocycles. The van der Waals surface area contributed by atoms with E-state index in [1.54, 1.807) is 42.9 Å². The molecule has 1 aromatic heterocycles. The molecule has 1 heterocycles. The molecular formula is C15H14F2N2O. The van der Waals surface area contributed by atoms with Gasteiger partial charge >= 0.3 is 0 Å².